The van der Waals surface area contributed by atoms with Crippen molar-refractivity contribution in [2.45, 2.75) is 25.7 Å². The van der Waals surface area contributed by atoms with Crippen LogP contribution in [0.15, 0.2) is 41.3 Å². The van der Waals surface area contributed by atoms with Crippen LogP contribution in [-0.4, -0.2) is 28.7 Å². The van der Waals surface area contributed by atoms with Gasteiger partial charge in [-0.25, -0.2) is 13.1 Å². The van der Waals surface area contributed by atoms with Crippen LogP contribution >= 0.6 is 0 Å². The van der Waals surface area contributed by atoms with Crippen LogP contribution in [-0.2, 0) is 10.0 Å². The predicted octanol–water partition coefficient (Wildman–Crippen LogP) is 2.98. The van der Waals surface area contributed by atoms with Gasteiger partial charge in [-0.05, 0) is 55.7 Å². The number of hydrogen-bond acceptors (Lipinski definition) is 4. The Morgan fingerprint density at radius 3 is 2.29 bits per heavy atom. The molecule has 0 atom stereocenters. The molecule has 5 nitrogen and oxygen atoms in total. The molecule has 0 unspecified atom stereocenters. The van der Waals surface area contributed by atoms with Gasteiger partial charge in [0.1, 0.15) is 23.0 Å². The SMILES string of the molecule is COc1cc(C)c(C)cc1S(=O)(=O)NCCOc1ccccc1C. The van der Waals surface area contributed by atoms with E-state index in [4.69, 9.17) is 9.47 Å². The van der Waals surface area contributed by atoms with E-state index in [1.54, 1.807) is 12.1 Å². The molecular weight excluding hydrogens is 326 g/mol. The fourth-order valence-electron chi connectivity index (χ4n) is 2.27. The van der Waals surface area contributed by atoms with Gasteiger partial charge in [-0.15, -0.1) is 0 Å². The van der Waals surface area contributed by atoms with Crippen LogP contribution in [0.5, 0.6) is 11.5 Å². The molecule has 0 fully saturated rings. The Kier molecular flexibility index (Phi) is 5.85. The molecule has 0 saturated heterocycles. The second-order valence-corrected chi connectivity index (χ2v) is 7.33. The maximum absolute atomic E-state index is 12.5. The number of nitrogens with one attached hydrogen (secondary N) is 1. The third-order valence-electron chi connectivity index (χ3n) is 3.81. The molecular formula is C18H23NO4S. The second-order valence-electron chi connectivity index (χ2n) is 5.60. The van der Waals surface area contributed by atoms with Crippen molar-refractivity contribution in [3.05, 3.63) is 53.1 Å². The van der Waals surface area contributed by atoms with E-state index in [-0.39, 0.29) is 18.0 Å². The molecule has 2 rings (SSSR count). The van der Waals surface area contributed by atoms with E-state index in [0.29, 0.717) is 5.75 Å². The minimum absolute atomic E-state index is 0.143. The normalized spacial score (nSPS) is 11.3. The molecule has 0 aliphatic rings. The lowest BCUT2D eigenvalue weighted by atomic mass is 10.1. The molecule has 0 aliphatic carbocycles. The summed E-state index contributed by atoms with van der Waals surface area (Å²) in [5, 5.41) is 0. The third-order valence-corrected chi connectivity index (χ3v) is 5.30. The van der Waals surface area contributed by atoms with Gasteiger partial charge in [0, 0.05) is 6.54 Å². The van der Waals surface area contributed by atoms with Crippen LogP contribution in [0.4, 0.5) is 0 Å². The smallest absolute Gasteiger partial charge is 0.244 e. The highest BCUT2D eigenvalue weighted by atomic mass is 32.2. The predicted molar refractivity (Wildman–Crippen MR) is 94.3 cm³/mol. The summed E-state index contributed by atoms with van der Waals surface area (Å²) in [5.74, 6) is 1.09. The Hall–Kier alpha value is -2.05. The summed E-state index contributed by atoms with van der Waals surface area (Å²) in [6.07, 6.45) is 0. The molecule has 24 heavy (non-hydrogen) atoms. The number of aryl methyl sites for hydroxylation is 3. The molecule has 1 N–H and O–H groups in total. The number of methoxy groups -OCH3 is 1. The van der Waals surface area contributed by atoms with Gasteiger partial charge in [-0.1, -0.05) is 18.2 Å². The van der Waals surface area contributed by atoms with Crippen molar-refractivity contribution >= 4 is 10.0 Å². The van der Waals surface area contributed by atoms with Gasteiger partial charge in [0.25, 0.3) is 0 Å². The summed E-state index contributed by atoms with van der Waals surface area (Å²) >= 11 is 0. The monoisotopic (exact) mass is 349 g/mol. The highest BCUT2D eigenvalue weighted by molar-refractivity contribution is 7.89. The van der Waals surface area contributed by atoms with Crippen LogP contribution < -0.4 is 14.2 Å². The zero-order valence-corrected chi connectivity index (χ0v) is 15.2. The molecule has 6 heteroatoms. The summed E-state index contributed by atoms with van der Waals surface area (Å²) in [4.78, 5) is 0.143. The molecule has 0 aromatic heterocycles. The maximum atomic E-state index is 12.5. The molecule has 0 aliphatic heterocycles. The molecule has 2 aromatic carbocycles. The fraction of sp³-hybridized carbons (Fsp3) is 0.333. The number of benzene rings is 2. The van der Waals surface area contributed by atoms with E-state index in [1.165, 1.54) is 7.11 Å². The Labute approximate surface area is 143 Å². The summed E-state index contributed by atoms with van der Waals surface area (Å²) in [5.41, 5.74) is 2.89. The first kappa shape index (κ1) is 18.3. The number of rotatable bonds is 7. The quantitative estimate of drug-likeness (QED) is 0.781. The van der Waals surface area contributed by atoms with Crippen molar-refractivity contribution in [2.24, 2.45) is 0 Å². The van der Waals surface area contributed by atoms with E-state index in [0.717, 1.165) is 22.4 Å². The lowest BCUT2D eigenvalue weighted by Gasteiger charge is -2.14. The highest BCUT2D eigenvalue weighted by Gasteiger charge is 2.20. The van der Waals surface area contributed by atoms with Crippen LogP contribution in [0.3, 0.4) is 0 Å². The number of hydrogen-bond donors (Lipinski definition) is 1. The van der Waals surface area contributed by atoms with Gasteiger partial charge in [-0.2, -0.15) is 0 Å². The average Bonchev–Trinajstić information content (AvgIpc) is 2.55. The lowest BCUT2D eigenvalue weighted by molar-refractivity contribution is 0.320. The van der Waals surface area contributed by atoms with Crippen molar-refractivity contribution in [1.82, 2.24) is 4.72 Å². The van der Waals surface area contributed by atoms with Crippen molar-refractivity contribution < 1.29 is 17.9 Å². The summed E-state index contributed by atoms with van der Waals surface area (Å²) in [6.45, 7) is 6.15. The Morgan fingerprint density at radius 2 is 1.62 bits per heavy atom. The first-order valence-electron chi connectivity index (χ1n) is 7.68. The van der Waals surface area contributed by atoms with Crippen LogP contribution in [0.25, 0.3) is 0 Å². The molecule has 0 heterocycles. The molecule has 0 amide bonds. The van der Waals surface area contributed by atoms with Crippen molar-refractivity contribution in [3.8, 4) is 11.5 Å². The molecule has 0 bridgehead atoms. The van der Waals surface area contributed by atoms with Gasteiger partial charge < -0.3 is 9.47 Å². The highest BCUT2D eigenvalue weighted by Crippen LogP contribution is 2.27. The zero-order valence-electron chi connectivity index (χ0n) is 14.4. The second kappa shape index (κ2) is 7.68. The van der Waals surface area contributed by atoms with Gasteiger partial charge >= 0.3 is 0 Å². The van der Waals surface area contributed by atoms with E-state index in [2.05, 4.69) is 4.72 Å². The summed E-state index contributed by atoms with van der Waals surface area (Å²) in [7, 11) is -2.20. The first-order valence-corrected chi connectivity index (χ1v) is 9.17. The Bertz CT molecular complexity index is 816. The molecule has 0 radical (unpaired) electrons. The number of ether oxygens (including phenoxy) is 2. The topological polar surface area (TPSA) is 64.6 Å². The summed E-state index contributed by atoms with van der Waals surface area (Å²) < 4.78 is 38.4. The van der Waals surface area contributed by atoms with E-state index in [9.17, 15) is 8.42 Å². The maximum Gasteiger partial charge on any atom is 0.244 e. The average molecular weight is 349 g/mol. The van der Waals surface area contributed by atoms with Gasteiger partial charge in [0.05, 0.1) is 7.11 Å². The van der Waals surface area contributed by atoms with E-state index < -0.39 is 10.0 Å². The van der Waals surface area contributed by atoms with Crippen LogP contribution in [0, 0.1) is 20.8 Å². The van der Waals surface area contributed by atoms with Gasteiger partial charge in [0.2, 0.25) is 10.0 Å². The molecule has 0 saturated carbocycles. The van der Waals surface area contributed by atoms with Gasteiger partial charge in [-0.3, -0.25) is 0 Å². The van der Waals surface area contributed by atoms with Crippen molar-refractivity contribution in [1.29, 1.82) is 0 Å². The molecule has 130 valence electrons. The lowest BCUT2D eigenvalue weighted by Crippen LogP contribution is -2.28. The first-order chi connectivity index (χ1) is 11.3. The largest absolute Gasteiger partial charge is 0.495 e. The zero-order chi connectivity index (χ0) is 17.7. The van der Waals surface area contributed by atoms with Crippen molar-refractivity contribution in [2.75, 3.05) is 20.3 Å². The standard InChI is InChI=1S/C18H23NO4S/c1-13-7-5-6-8-16(13)23-10-9-19-24(20,21)18-12-15(3)14(2)11-17(18)22-4/h5-8,11-12,19H,9-10H2,1-4H3. The Morgan fingerprint density at radius 1 is 0.958 bits per heavy atom. The number of para-hydroxylation sites is 1. The minimum atomic E-state index is -3.66. The van der Waals surface area contributed by atoms with Crippen LogP contribution in [0.2, 0.25) is 0 Å². The van der Waals surface area contributed by atoms with E-state index in [1.807, 2.05) is 45.0 Å². The summed E-state index contributed by atoms with van der Waals surface area (Å²) in [6, 6.07) is 11.0. The molecule has 2 aromatic rings. The van der Waals surface area contributed by atoms with Crippen molar-refractivity contribution in [3.63, 3.8) is 0 Å². The molecule has 0 spiro atoms. The number of sulfonamides is 1. The van der Waals surface area contributed by atoms with Crippen LogP contribution in [0.1, 0.15) is 16.7 Å². The fourth-order valence-corrected chi connectivity index (χ4v) is 3.51. The minimum Gasteiger partial charge on any atom is -0.495 e. The third kappa shape index (κ3) is 4.27. The Balaban J connectivity index is 2.04. The van der Waals surface area contributed by atoms with Gasteiger partial charge in [0.15, 0.2) is 0 Å². The van der Waals surface area contributed by atoms with E-state index >= 15 is 0 Å².